The Hall–Kier alpha value is -1.66. The summed E-state index contributed by atoms with van der Waals surface area (Å²) in [4.78, 5) is 2.28. The molecule has 0 amide bonds. The lowest BCUT2D eigenvalue weighted by atomic mass is 10.0. The predicted molar refractivity (Wildman–Crippen MR) is 77.7 cm³/mol. The molecule has 1 aliphatic rings. The molecule has 0 aromatic carbocycles. The van der Waals surface area contributed by atoms with Crippen LogP contribution in [0, 0.1) is 19.8 Å². The average molecular weight is 290 g/mol. The first-order chi connectivity index (χ1) is 10.0. The number of β-amino-alcohol motifs (C(OH)–C–C–N with tert-alkyl or cyclic N) is 1. The van der Waals surface area contributed by atoms with Crippen molar-refractivity contribution in [1.82, 2.24) is 19.8 Å². The van der Waals surface area contributed by atoms with Crippen molar-refractivity contribution in [3.05, 3.63) is 35.0 Å². The van der Waals surface area contributed by atoms with Gasteiger partial charge in [-0.1, -0.05) is 5.16 Å². The van der Waals surface area contributed by atoms with Gasteiger partial charge in [0.2, 0.25) is 0 Å². The van der Waals surface area contributed by atoms with Crippen molar-refractivity contribution in [2.75, 3.05) is 13.1 Å². The van der Waals surface area contributed by atoms with Gasteiger partial charge in [-0.15, -0.1) is 0 Å². The molecule has 0 aliphatic carbocycles. The molecule has 6 nitrogen and oxygen atoms in total. The molecule has 0 unspecified atom stereocenters. The molecule has 6 heteroatoms. The Morgan fingerprint density at radius 3 is 2.81 bits per heavy atom. The number of hydrogen-bond acceptors (Lipinski definition) is 5. The van der Waals surface area contributed by atoms with Crippen molar-refractivity contribution in [3.63, 3.8) is 0 Å². The molecule has 114 valence electrons. The van der Waals surface area contributed by atoms with Crippen LogP contribution in [0.1, 0.15) is 22.7 Å². The standard InChI is InChI=1S/C15H22N4O2/c1-10-4-14(21-17-10)5-12-7-19(9-15(12)20)8-13-6-16-18(3)11(13)2/h4,6,12,15,20H,5,7-9H2,1-3H3/t12-,15-/m1/s1. The number of likely N-dealkylation sites (tertiary alicyclic amines) is 1. The number of rotatable bonds is 4. The number of aliphatic hydroxyl groups excluding tert-OH is 1. The molecule has 2 aromatic rings. The van der Waals surface area contributed by atoms with Crippen LogP contribution in [-0.2, 0) is 20.0 Å². The molecule has 0 bridgehead atoms. The minimum absolute atomic E-state index is 0.203. The van der Waals surface area contributed by atoms with E-state index in [2.05, 4.69) is 22.1 Å². The number of hydrogen-bond donors (Lipinski definition) is 1. The molecule has 1 N–H and O–H groups in total. The van der Waals surface area contributed by atoms with Gasteiger partial charge in [0, 0.05) is 56.3 Å². The second-order valence-corrected chi connectivity index (χ2v) is 6.04. The summed E-state index contributed by atoms with van der Waals surface area (Å²) in [6, 6.07) is 1.95. The SMILES string of the molecule is Cc1cc(C[C@@H]2CN(Cc3cnn(C)c3C)C[C@H]2O)on1. The van der Waals surface area contributed by atoms with Crippen molar-refractivity contribution in [3.8, 4) is 0 Å². The van der Waals surface area contributed by atoms with Crippen LogP contribution in [0.5, 0.6) is 0 Å². The zero-order chi connectivity index (χ0) is 15.0. The first-order valence-electron chi connectivity index (χ1n) is 7.33. The van der Waals surface area contributed by atoms with E-state index in [0.29, 0.717) is 6.54 Å². The third-order valence-electron chi connectivity index (χ3n) is 4.35. The fourth-order valence-corrected chi connectivity index (χ4v) is 2.98. The van der Waals surface area contributed by atoms with Gasteiger partial charge in [-0.2, -0.15) is 5.10 Å². The summed E-state index contributed by atoms with van der Waals surface area (Å²) in [6.45, 7) is 6.39. The van der Waals surface area contributed by atoms with E-state index in [1.807, 2.05) is 30.9 Å². The Balaban J connectivity index is 1.61. The van der Waals surface area contributed by atoms with Crippen LogP contribution in [-0.4, -0.2) is 44.1 Å². The summed E-state index contributed by atoms with van der Waals surface area (Å²) >= 11 is 0. The number of aliphatic hydroxyl groups is 1. The number of nitrogens with zero attached hydrogens (tertiary/aromatic N) is 4. The van der Waals surface area contributed by atoms with E-state index in [4.69, 9.17) is 4.52 Å². The zero-order valence-electron chi connectivity index (χ0n) is 12.8. The molecule has 2 atom stereocenters. The van der Waals surface area contributed by atoms with E-state index in [9.17, 15) is 5.11 Å². The van der Waals surface area contributed by atoms with Crippen LogP contribution in [0.2, 0.25) is 0 Å². The minimum Gasteiger partial charge on any atom is -0.391 e. The molecule has 21 heavy (non-hydrogen) atoms. The Bertz CT molecular complexity index is 619. The van der Waals surface area contributed by atoms with E-state index in [1.54, 1.807) is 0 Å². The maximum atomic E-state index is 10.3. The van der Waals surface area contributed by atoms with Gasteiger partial charge in [-0.3, -0.25) is 9.58 Å². The summed E-state index contributed by atoms with van der Waals surface area (Å²) in [6.07, 6.45) is 2.34. The van der Waals surface area contributed by atoms with Crippen LogP contribution in [0.25, 0.3) is 0 Å². The molecule has 3 rings (SSSR count). The van der Waals surface area contributed by atoms with E-state index in [1.165, 1.54) is 11.3 Å². The zero-order valence-corrected chi connectivity index (χ0v) is 12.8. The quantitative estimate of drug-likeness (QED) is 0.912. The van der Waals surface area contributed by atoms with Crippen LogP contribution in [0.15, 0.2) is 16.8 Å². The Labute approximate surface area is 124 Å². The van der Waals surface area contributed by atoms with Crippen molar-refractivity contribution < 1.29 is 9.63 Å². The molecule has 2 aromatic heterocycles. The predicted octanol–water partition coefficient (Wildman–Crippen LogP) is 1.06. The van der Waals surface area contributed by atoms with Crippen molar-refractivity contribution in [1.29, 1.82) is 0 Å². The topological polar surface area (TPSA) is 67.3 Å². The van der Waals surface area contributed by atoms with Crippen LogP contribution in [0.3, 0.4) is 0 Å². The lowest BCUT2D eigenvalue weighted by Gasteiger charge is -2.14. The van der Waals surface area contributed by atoms with Crippen LogP contribution in [0.4, 0.5) is 0 Å². The Kier molecular flexibility index (Phi) is 3.82. The summed E-state index contributed by atoms with van der Waals surface area (Å²) < 4.78 is 7.14. The smallest absolute Gasteiger partial charge is 0.137 e. The summed E-state index contributed by atoms with van der Waals surface area (Å²) in [7, 11) is 1.95. The summed E-state index contributed by atoms with van der Waals surface area (Å²) in [5.74, 6) is 1.06. The highest BCUT2D eigenvalue weighted by Gasteiger charge is 2.32. The highest BCUT2D eigenvalue weighted by Crippen LogP contribution is 2.24. The first-order valence-corrected chi connectivity index (χ1v) is 7.33. The van der Waals surface area contributed by atoms with Gasteiger partial charge < -0.3 is 9.63 Å². The normalized spacial score (nSPS) is 23.0. The highest BCUT2D eigenvalue weighted by molar-refractivity contribution is 5.16. The maximum Gasteiger partial charge on any atom is 0.137 e. The second kappa shape index (κ2) is 5.61. The van der Waals surface area contributed by atoms with Gasteiger partial charge in [0.05, 0.1) is 18.0 Å². The average Bonchev–Trinajstić information content (AvgIpc) is 3.08. The fourth-order valence-electron chi connectivity index (χ4n) is 2.98. The van der Waals surface area contributed by atoms with Gasteiger partial charge >= 0.3 is 0 Å². The lowest BCUT2D eigenvalue weighted by molar-refractivity contribution is 0.137. The van der Waals surface area contributed by atoms with Crippen LogP contribution >= 0.6 is 0 Å². The third kappa shape index (κ3) is 3.01. The maximum absolute atomic E-state index is 10.3. The van der Waals surface area contributed by atoms with E-state index < -0.39 is 0 Å². The fraction of sp³-hybridized carbons (Fsp3) is 0.600. The molecule has 3 heterocycles. The largest absolute Gasteiger partial charge is 0.391 e. The third-order valence-corrected chi connectivity index (χ3v) is 4.35. The molecular formula is C15H22N4O2. The molecule has 0 spiro atoms. The van der Waals surface area contributed by atoms with Gasteiger partial charge in [0.15, 0.2) is 0 Å². The Morgan fingerprint density at radius 2 is 2.19 bits per heavy atom. The van der Waals surface area contributed by atoms with E-state index in [-0.39, 0.29) is 12.0 Å². The van der Waals surface area contributed by atoms with Gasteiger partial charge in [0.25, 0.3) is 0 Å². The van der Waals surface area contributed by atoms with Crippen molar-refractivity contribution in [2.45, 2.75) is 32.9 Å². The highest BCUT2D eigenvalue weighted by atomic mass is 16.5. The molecular weight excluding hydrogens is 268 g/mol. The number of aryl methyl sites for hydroxylation is 2. The van der Waals surface area contributed by atoms with E-state index >= 15 is 0 Å². The lowest BCUT2D eigenvalue weighted by Crippen LogP contribution is -2.21. The molecule has 1 saturated heterocycles. The molecule has 1 fully saturated rings. The van der Waals surface area contributed by atoms with Crippen LogP contribution < -0.4 is 0 Å². The number of aromatic nitrogens is 3. The molecule has 0 saturated carbocycles. The monoisotopic (exact) mass is 290 g/mol. The first kappa shape index (κ1) is 14.3. The molecule has 0 radical (unpaired) electrons. The van der Waals surface area contributed by atoms with Crippen molar-refractivity contribution >= 4 is 0 Å². The van der Waals surface area contributed by atoms with Crippen molar-refractivity contribution in [2.24, 2.45) is 13.0 Å². The second-order valence-electron chi connectivity index (χ2n) is 6.04. The van der Waals surface area contributed by atoms with E-state index in [0.717, 1.165) is 31.0 Å². The minimum atomic E-state index is -0.313. The Morgan fingerprint density at radius 1 is 1.38 bits per heavy atom. The van der Waals surface area contributed by atoms with Gasteiger partial charge in [-0.05, 0) is 13.8 Å². The summed E-state index contributed by atoms with van der Waals surface area (Å²) in [5, 5.41) is 18.4. The van der Waals surface area contributed by atoms with Gasteiger partial charge in [-0.25, -0.2) is 0 Å². The molecule has 1 aliphatic heterocycles. The summed E-state index contributed by atoms with van der Waals surface area (Å²) in [5.41, 5.74) is 3.29. The van der Waals surface area contributed by atoms with Gasteiger partial charge in [0.1, 0.15) is 5.76 Å².